The van der Waals surface area contributed by atoms with Gasteiger partial charge in [0.2, 0.25) is 0 Å². The largest absolute Gasteiger partial charge is 0.493 e. The molecule has 0 unspecified atom stereocenters. The number of ether oxygens (including phenoxy) is 3. The van der Waals surface area contributed by atoms with Gasteiger partial charge >= 0.3 is 5.97 Å². The lowest BCUT2D eigenvalue weighted by atomic mass is 9.95. The third-order valence-corrected chi connectivity index (χ3v) is 7.79. The first-order valence-electron chi connectivity index (χ1n) is 12.1. The molecule has 1 aliphatic rings. The molecule has 1 aromatic heterocycles. The molecule has 2 heterocycles. The summed E-state index contributed by atoms with van der Waals surface area (Å²) in [5, 5.41) is 11.4. The van der Waals surface area contributed by atoms with E-state index in [1.54, 1.807) is 51.1 Å². The Balaban J connectivity index is 1.99. The third-order valence-electron chi connectivity index (χ3n) is 6.12. The van der Waals surface area contributed by atoms with Gasteiger partial charge in [-0.2, -0.15) is 0 Å². The molecule has 1 atom stereocenters. The maximum absolute atomic E-state index is 13.9. The first-order valence-corrected chi connectivity index (χ1v) is 13.7. The summed E-state index contributed by atoms with van der Waals surface area (Å²) in [5.41, 5.74) is 1.78. The minimum absolute atomic E-state index is 0.0414. The molecule has 39 heavy (non-hydrogen) atoms. The third kappa shape index (κ3) is 5.39. The van der Waals surface area contributed by atoms with Crippen LogP contribution in [-0.2, 0) is 9.53 Å². The number of carbonyl (C=O) groups is 1. The van der Waals surface area contributed by atoms with Crippen LogP contribution >= 0.6 is 27.3 Å². The molecule has 0 fully saturated rings. The van der Waals surface area contributed by atoms with Gasteiger partial charge in [-0.15, -0.1) is 0 Å². The van der Waals surface area contributed by atoms with Gasteiger partial charge in [-0.1, -0.05) is 39.4 Å². The molecular formula is C27H26BrN3O7S. The van der Waals surface area contributed by atoms with Crippen molar-refractivity contribution in [3.8, 4) is 11.5 Å². The molecule has 0 saturated heterocycles. The number of nitrogens with zero attached hydrogens (tertiary/aromatic N) is 3. The molecule has 2 aromatic carbocycles. The monoisotopic (exact) mass is 615 g/mol. The number of carbonyl (C=O) groups excluding carboxylic acids is 1. The van der Waals surface area contributed by atoms with E-state index < -0.39 is 22.5 Å². The van der Waals surface area contributed by atoms with Crippen LogP contribution in [0.5, 0.6) is 11.5 Å². The lowest BCUT2D eigenvalue weighted by Crippen LogP contribution is -2.40. The number of methoxy groups -OCH3 is 1. The average Bonchev–Trinajstić information content (AvgIpc) is 3.19. The van der Waals surface area contributed by atoms with E-state index in [4.69, 9.17) is 14.2 Å². The average molecular weight is 616 g/mol. The van der Waals surface area contributed by atoms with Gasteiger partial charge in [-0.25, -0.2) is 9.79 Å². The summed E-state index contributed by atoms with van der Waals surface area (Å²) in [6, 6.07) is 7.34. The van der Waals surface area contributed by atoms with E-state index in [9.17, 15) is 19.7 Å². The minimum atomic E-state index is -0.881. The van der Waals surface area contributed by atoms with E-state index >= 15 is 0 Å². The number of halogens is 1. The summed E-state index contributed by atoms with van der Waals surface area (Å²) in [4.78, 5) is 43.0. The van der Waals surface area contributed by atoms with E-state index in [1.165, 1.54) is 17.7 Å². The summed E-state index contributed by atoms with van der Waals surface area (Å²) in [6.07, 6.45) is 1.59. The fourth-order valence-corrected chi connectivity index (χ4v) is 5.92. The van der Waals surface area contributed by atoms with Crippen LogP contribution in [0.15, 0.2) is 55.9 Å². The Bertz CT molecular complexity index is 1690. The second-order valence-corrected chi connectivity index (χ2v) is 10.4. The molecule has 204 valence electrons. The lowest BCUT2D eigenvalue weighted by molar-refractivity contribution is -0.385. The summed E-state index contributed by atoms with van der Waals surface area (Å²) < 4.78 is 18.9. The Morgan fingerprint density at radius 1 is 1.21 bits per heavy atom. The number of nitro groups is 1. The number of rotatable bonds is 8. The number of esters is 1. The molecule has 1 aliphatic heterocycles. The SMILES string of the molecule is CCOC(=O)C1=C(C)N=c2s/c(=C\c3ccc(C)c([N+](=O)[O-])c3)c(=O)n2[C@@H]1c1cc(OC)c(OCC)cc1Br. The Morgan fingerprint density at radius 3 is 2.59 bits per heavy atom. The van der Waals surface area contributed by atoms with Gasteiger partial charge in [0.25, 0.3) is 11.2 Å². The van der Waals surface area contributed by atoms with Crippen LogP contribution in [0.3, 0.4) is 0 Å². The van der Waals surface area contributed by atoms with Crippen molar-refractivity contribution in [2.75, 3.05) is 20.3 Å². The van der Waals surface area contributed by atoms with Gasteiger partial charge in [0.1, 0.15) is 0 Å². The van der Waals surface area contributed by atoms with Crippen LogP contribution in [0.4, 0.5) is 5.69 Å². The highest BCUT2D eigenvalue weighted by Gasteiger charge is 2.35. The highest BCUT2D eigenvalue weighted by molar-refractivity contribution is 9.10. The van der Waals surface area contributed by atoms with Crippen molar-refractivity contribution < 1.29 is 23.9 Å². The number of fused-ring (bicyclic) bond motifs is 1. The molecule has 0 aliphatic carbocycles. The summed E-state index contributed by atoms with van der Waals surface area (Å²) in [5.74, 6) is 0.344. The predicted octanol–water partition coefficient (Wildman–Crippen LogP) is 4.18. The zero-order chi connectivity index (χ0) is 28.4. The van der Waals surface area contributed by atoms with Crippen LogP contribution in [0.25, 0.3) is 6.08 Å². The van der Waals surface area contributed by atoms with E-state index in [2.05, 4.69) is 20.9 Å². The number of nitro benzene ring substituents is 1. The van der Waals surface area contributed by atoms with Gasteiger partial charge in [0, 0.05) is 16.1 Å². The zero-order valence-electron chi connectivity index (χ0n) is 21.9. The number of aryl methyl sites for hydroxylation is 1. The molecule has 3 aromatic rings. The van der Waals surface area contributed by atoms with Gasteiger partial charge in [0.15, 0.2) is 16.3 Å². The van der Waals surface area contributed by atoms with Crippen LogP contribution in [0, 0.1) is 17.0 Å². The van der Waals surface area contributed by atoms with Crippen molar-refractivity contribution in [3.63, 3.8) is 0 Å². The highest BCUT2D eigenvalue weighted by Crippen LogP contribution is 2.41. The number of benzene rings is 2. The van der Waals surface area contributed by atoms with Crippen LogP contribution < -0.4 is 24.4 Å². The smallest absolute Gasteiger partial charge is 0.338 e. The van der Waals surface area contributed by atoms with E-state index in [-0.39, 0.29) is 17.9 Å². The minimum Gasteiger partial charge on any atom is -0.493 e. The predicted molar refractivity (Wildman–Crippen MR) is 150 cm³/mol. The Hall–Kier alpha value is -3.77. The molecule has 0 radical (unpaired) electrons. The lowest BCUT2D eigenvalue weighted by Gasteiger charge is -2.26. The summed E-state index contributed by atoms with van der Waals surface area (Å²) in [6.45, 7) is 7.47. The number of hydrogen-bond acceptors (Lipinski definition) is 9. The fourth-order valence-electron chi connectivity index (χ4n) is 4.34. The number of thiazole rings is 1. The van der Waals surface area contributed by atoms with Crippen molar-refractivity contribution in [3.05, 3.63) is 92.6 Å². The number of aromatic nitrogens is 1. The molecule has 0 amide bonds. The van der Waals surface area contributed by atoms with E-state index in [1.807, 2.05) is 6.92 Å². The van der Waals surface area contributed by atoms with Crippen molar-refractivity contribution in [2.24, 2.45) is 4.99 Å². The number of hydrogen-bond donors (Lipinski definition) is 0. The zero-order valence-corrected chi connectivity index (χ0v) is 24.3. The van der Waals surface area contributed by atoms with Gasteiger partial charge in [0.05, 0.1) is 47.1 Å². The van der Waals surface area contributed by atoms with Crippen LogP contribution in [0.1, 0.15) is 43.5 Å². The van der Waals surface area contributed by atoms with Gasteiger partial charge < -0.3 is 14.2 Å². The van der Waals surface area contributed by atoms with Crippen molar-refractivity contribution in [1.29, 1.82) is 0 Å². The van der Waals surface area contributed by atoms with Crippen molar-refractivity contribution in [1.82, 2.24) is 4.57 Å². The Labute approximate surface area is 236 Å². The Morgan fingerprint density at radius 2 is 1.95 bits per heavy atom. The van der Waals surface area contributed by atoms with Crippen LogP contribution in [0.2, 0.25) is 0 Å². The normalized spacial score (nSPS) is 15.0. The van der Waals surface area contributed by atoms with Gasteiger partial charge in [-0.3, -0.25) is 19.5 Å². The second kappa shape index (κ2) is 11.5. The molecule has 0 spiro atoms. The fraction of sp³-hybridized carbons (Fsp3) is 0.296. The van der Waals surface area contributed by atoms with Crippen LogP contribution in [-0.4, -0.2) is 35.8 Å². The molecule has 0 bridgehead atoms. The molecule has 10 nitrogen and oxygen atoms in total. The first kappa shape index (κ1) is 28.2. The topological polar surface area (TPSA) is 122 Å². The standard InChI is InChI=1S/C27H26BrN3O7S/c1-6-37-21-13-18(28)17(12-20(21)36-5)24-23(26(33)38-7-2)15(4)29-27-30(24)25(32)22(39-27)11-16-9-8-14(3)19(10-16)31(34)35/h8-13,24H,6-7H2,1-5H3/b22-11-/t24-/m1/s1. The van der Waals surface area contributed by atoms with E-state index in [0.717, 1.165) is 11.3 Å². The summed E-state index contributed by atoms with van der Waals surface area (Å²) in [7, 11) is 1.51. The van der Waals surface area contributed by atoms with Crippen molar-refractivity contribution in [2.45, 2.75) is 33.7 Å². The maximum Gasteiger partial charge on any atom is 0.338 e. The quantitative estimate of drug-likeness (QED) is 0.211. The van der Waals surface area contributed by atoms with E-state index in [0.29, 0.717) is 54.3 Å². The highest BCUT2D eigenvalue weighted by atomic mass is 79.9. The Kier molecular flexibility index (Phi) is 8.36. The first-order chi connectivity index (χ1) is 18.6. The number of allylic oxidation sites excluding steroid dienone is 1. The molecule has 0 saturated carbocycles. The summed E-state index contributed by atoms with van der Waals surface area (Å²) >= 11 is 4.72. The maximum atomic E-state index is 13.9. The molecule has 0 N–H and O–H groups in total. The van der Waals surface area contributed by atoms with Crippen molar-refractivity contribution >= 4 is 45.0 Å². The molecule has 12 heteroatoms. The molecule has 4 rings (SSSR count). The second-order valence-electron chi connectivity index (χ2n) is 8.56. The van der Waals surface area contributed by atoms with Gasteiger partial charge in [-0.05, 0) is 57.0 Å². The molecular weight excluding hydrogens is 590 g/mol.